The standard InChI is InChI=1S/C14H16ClFN2O.ClH/c15-9-1-4-13(16)12(7-9)14(19)18-10-2-3-11(18)8-17-6-5-10;/h1,4,7,10-11,17H,2-3,5-6,8H2;1H. The highest BCUT2D eigenvalue weighted by Crippen LogP contribution is 2.30. The average Bonchev–Trinajstić information content (AvgIpc) is 2.65. The van der Waals surface area contributed by atoms with Gasteiger partial charge in [0.15, 0.2) is 0 Å². The van der Waals surface area contributed by atoms with Crippen LogP contribution in [0.4, 0.5) is 4.39 Å². The lowest BCUT2D eigenvalue weighted by molar-refractivity contribution is 0.0675. The molecule has 0 spiro atoms. The fourth-order valence-electron chi connectivity index (χ4n) is 3.11. The number of benzene rings is 1. The summed E-state index contributed by atoms with van der Waals surface area (Å²) in [7, 11) is 0. The molecule has 2 unspecified atom stereocenters. The number of fused-ring (bicyclic) bond motifs is 2. The summed E-state index contributed by atoms with van der Waals surface area (Å²) in [5.41, 5.74) is 0.0892. The van der Waals surface area contributed by atoms with Crippen molar-refractivity contribution in [2.24, 2.45) is 0 Å². The van der Waals surface area contributed by atoms with Crippen molar-refractivity contribution < 1.29 is 9.18 Å². The Morgan fingerprint density at radius 3 is 2.85 bits per heavy atom. The van der Waals surface area contributed by atoms with E-state index in [1.165, 1.54) is 18.2 Å². The van der Waals surface area contributed by atoms with Crippen LogP contribution in [0.2, 0.25) is 5.02 Å². The van der Waals surface area contributed by atoms with E-state index in [0.717, 1.165) is 32.4 Å². The number of carbonyl (C=O) groups is 1. The Kier molecular flexibility index (Phi) is 4.89. The van der Waals surface area contributed by atoms with Crippen LogP contribution in [0.3, 0.4) is 0 Å². The van der Waals surface area contributed by atoms with Crippen molar-refractivity contribution in [3.05, 3.63) is 34.6 Å². The summed E-state index contributed by atoms with van der Waals surface area (Å²) in [6, 6.07) is 4.56. The zero-order valence-electron chi connectivity index (χ0n) is 10.9. The van der Waals surface area contributed by atoms with Crippen LogP contribution >= 0.6 is 24.0 Å². The predicted molar refractivity (Wildman–Crippen MR) is 79.1 cm³/mol. The number of hydrogen-bond donors (Lipinski definition) is 1. The lowest BCUT2D eigenvalue weighted by Crippen LogP contribution is -2.42. The Hall–Kier alpha value is -0.840. The molecule has 1 amide bonds. The van der Waals surface area contributed by atoms with Crippen molar-refractivity contribution in [2.75, 3.05) is 13.1 Å². The lowest BCUT2D eigenvalue weighted by Gasteiger charge is -2.28. The molecule has 0 aromatic heterocycles. The minimum absolute atomic E-state index is 0. The largest absolute Gasteiger partial charge is 0.331 e. The third-order valence-corrected chi connectivity index (χ3v) is 4.28. The van der Waals surface area contributed by atoms with Gasteiger partial charge in [-0.15, -0.1) is 12.4 Å². The molecule has 2 aliphatic rings. The first-order chi connectivity index (χ1) is 9.16. The van der Waals surface area contributed by atoms with Gasteiger partial charge in [-0.3, -0.25) is 4.79 Å². The fourth-order valence-corrected chi connectivity index (χ4v) is 3.29. The van der Waals surface area contributed by atoms with Crippen LogP contribution in [0, 0.1) is 5.82 Å². The van der Waals surface area contributed by atoms with Crippen LogP contribution in [0.25, 0.3) is 0 Å². The third-order valence-electron chi connectivity index (χ3n) is 4.05. The van der Waals surface area contributed by atoms with Crippen LogP contribution in [0.1, 0.15) is 29.6 Å². The third kappa shape index (κ3) is 2.78. The number of amides is 1. The molecule has 3 nitrogen and oxygen atoms in total. The summed E-state index contributed by atoms with van der Waals surface area (Å²) in [5.74, 6) is -0.720. The van der Waals surface area contributed by atoms with E-state index in [-0.39, 0.29) is 36.0 Å². The Labute approximate surface area is 128 Å². The quantitative estimate of drug-likeness (QED) is 0.863. The minimum atomic E-state index is -0.494. The van der Waals surface area contributed by atoms with Gasteiger partial charge >= 0.3 is 0 Å². The fraction of sp³-hybridized carbons (Fsp3) is 0.500. The molecule has 110 valence electrons. The second-order valence-corrected chi connectivity index (χ2v) is 5.65. The van der Waals surface area contributed by atoms with E-state index < -0.39 is 5.82 Å². The zero-order valence-corrected chi connectivity index (χ0v) is 12.5. The Bertz CT molecular complexity index is 498. The Morgan fingerprint density at radius 2 is 2.05 bits per heavy atom. The molecule has 2 fully saturated rings. The topological polar surface area (TPSA) is 32.3 Å². The van der Waals surface area contributed by atoms with Crippen molar-refractivity contribution in [3.8, 4) is 0 Å². The van der Waals surface area contributed by atoms with E-state index in [0.29, 0.717) is 5.02 Å². The normalized spacial score (nSPS) is 25.0. The molecule has 3 rings (SSSR count). The summed E-state index contributed by atoms with van der Waals surface area (Å²) in [4.78, 5) is 14.4. The van der Waals surface area contributed by atoms with Crippen molar-refractivity contribution in [1.29, 1.82) is 0 Å². The van der Waals surface area contributed by atoms with Gasteiger partial charge in [0.2, 0.25) is 0 Å². The van der Waals surface area contributed by atoms with Gasteiger partial charge in [-0.2, -0.15) is 0 Å². The number of carbonyl (C=O) groups excluding carboxylic acids is 1. The van der Waals surface area contributed by atoms with Gasteiger partial charge in [-0.25, -0.2) is 4.39 Å². The van der Waals surface area contributed by atoms with E-state index >= 15 is 0 Å². The zero-order chi connectivity index (χ0) is 13.4. The summed E-state index contributed by atoms with van der Waals surface area (Å²) in [6.45, 7) is 1.72. The molecule has 20 heavy (non-hydrogen) atoms. The van der Waals surface area contributed by atoms with Crippen LogP contribution in [-0.2, 0) is 0 Å². The van der Waals surface area contributed by atoms with Gasteiger partial charge < -0.3 is 10.2 Å². The first kappa shape index (κ1) is 15.5. The van der Waals surface area contributed by atoms with E-state index in [4.69, 9.17) is 11.6 Å². The summed E-state index contributed by atoms with van der Waals surface area (Å²) in [6.07, 6.45) is 2.94. The first-order valence-corrected chi connectivity index (χ1v) is 7.03. The Balaban J connectivity index is 0.00000147. The van der Waals surface area contributed by atoms with Crippen LogP contribution < -0.4 is 5.32 Å². The number of nitrogens with zero attached hydrogens (tertiary/aromatic N) is 1. The highest BCUT2D eigenvalue weighted by Gasteiger charge is 2.39. The molecule has 2 atom stereocenters. The maximum Gasteiger partial charge on any atom is 0.257 e. The molecule has 0 aliphatic carbocycles. The molecule has 0 radical (unpaired) electrons. The van der Waals surface area contributed by atoms with Gasteiger partial charge in [-0.05, 0) is 44.0 Å². The van der Waals surface area contributed by atoms with Crippen molar-refractivity contribution >= 4 is 29.9 Å². The molecule has 6 heteroatoms. The number of hydrogen-bond acceptors (Lipinski definition) is 2. The molecule has 0 saturated carbocycles. The van der Waals surface area contributed by atoms with E-state index in [1.807, 2.05) is 4.90 Å². The van der Waals surface area contributed by atoms with Crippen molar-refractivity contribution in [3.63, 3.8) is 0 Å². The molecule has 2 aliphatic heterocycles. The maximum absolute atomic E-state index is 13.8. The van der Waals surface area contributed by atoms with Gasteiger partial charge in [0.05, 0.1) is 5.56 Å². The molecule has 1 N–H and O–H groups in total. The average molecular weight is 319 g/mol. The highest BCUT2D eigenvalue weighted by atomic mass is 35.5. The monoisotopic (exact) mass is 318 g/mol. The Morgan fingerprint density at radius 1 is 1.30 bits per heavy atom. The second kappa shape index (κ2) is 6.29. The molecule has 1 aromatic carbocycles. The minimum Gasteiger partial charge on any atom is -0.331 e. The molecule has 1 aromatic rings. The summed E-state index contributed by atoms with van der Waals surface area (Å²) < 4.78 is 13.8. The number of halogens is 3. The smallest absolute Gasteiger partial charge is 0.257 e. The van der Waals surface area contributed by atoms with Crippen molar-refractivity contribution in [1.82, 2.24) is 10.2 Å². The number of rotatable bonds is 1. The van der Waals surface area contributed by atoms with Gasteiger partial charge in [0, 0.05) is 23.7 Å². The predicted octanol–water partition coefficient (Wildman–Crippen LogP) is 2.87. The van der Waals surface area contributed by atoms with Gasteiger partial charge in [0.25, 0.3) is 5.91 Å². The molecule has 2 saturated heterocycles. The van der Waals surface area contributed by atoms with E-state index in [9.17, 15) is 9.18 Å². The van der Waals surface area contributed by atoms with Crippen LogP contribution in [0.15, 0.2) is 18.2 Å². The molecule has 2 heterocycles. The number of nitrogens with one attached hydrogen (secondary N) is 1. The summed E-state index contributed by atoms with van der Waals surface area (Å²) in [5, 5.41) is 3.72. The molecular formula is C14H17Cl2FN2O. The lowest BCUT2D eigenvalue weighted by atomic mass is 10.1. The van der Waals surface area contributed by atoms with Crippen molar-refractivity contribution in [2.45, 2.75) is 31.3 Å². The molecule has 2 bridgehead atoms. The SMILES string of the molecule is Cl.O=C(c1cc(Cl)ccc1F)N1C2CCNCC1CC2. The maximum atomic E-state index is 13.8. The van der Waals surface area contributed by atoms with E-state index in [2.05, 4.69) is 5.32 Å². The molecular weight excluding hydrogens is 302 g/mol. The van der Waals surface area contributed by atoms with Crippen LogP contribution in [0.5, 0.6) is 0 Å². The second-order valence-electron chi connectivity index (χ2n) is 5.21. The van der Waals surface area contributed by atoms with Crippen LogP contribution in [-0.4, -0.2) is 36.0 Å². The van der Waals surface area contributed by atoms with Gasteiger partial charge in [0.1, 0.15) is 5.82 Å². The van der Waals surface area contributed by atoms with Gasteiger partial charge in [-0.1, -0.05) is 11.6 Å². The highest BCUT2D eigenvalue weighted by molar-refractivity contribution is 6.31. The van der Waals surface area contributed by atoms with E-state index in [1.54, 1.807) is 0 Å². The first-order valence-electron chi connectivity index (χ1n) is 6.65. The summed E-state index contributed by atoms with van der Waals surface area (Å²) >= 11 is 5.87.